The Balaban J connectivity index is 2.65. The number of carbonyl (C=O) groups is 2. The number of rotatable bonds is 8. The van der Waals surface area contributed by atoms with E-state index in [1.807, 2.05) is 20.8 Å². The average molecular weight is 293 g/mol. The normalized spacial score (nSPS) is 10.5. The molecule has 0 fully saturated rings. The van der Waals surface area contributed by atoms with E-state index in [2.05, 4.69) is 15.6 Å². The summed E-state index contributed by atoms with van der Waals surface area (Å²) in [4.78, 5) is 27.0. The van der Waals surface area contributed by atoms with Crippen LogP contribution in [0.2, 0.25) is 0 Å². The van der Waals surface area contributed by atoms with Crippen molar-refractivity contribution in [3.8, 4) is 0 Å². The number of carboxylic acid groups (broad SMARTS) is 1. The molecule has 0 unspecified atom stereocenters. The molecule has 1 rings (SSSR count). The molecule has 0 aliphatic carbocycles. The number of carbonyl (C=O) groups excluding carboxylic acids is 1. The zero-order valence-corrected chi connectivity index (χ0v) is 12.8. The molecule has 0 aliphatic heterocycles. The molecule has 0 saturated heterocycles. The van der Waals surface area contributed by atoms with Gasteiger partial charge in [0, 0.05) is 24.7 Å². The third-order valence-electron chi connectivity index (χ3n) is 2.74. The molecule has 1 amide bonds. The fourth-order valence-electron chi connectivity index (χ4n) is 1.88. The maximum absolute atomic E-state index is 11.5. The molecule has 0 bridgehead atoms. The van der Waals surface area contributed by atoms with Crippen LogP contribution >= 0.6 is 0 Å². The van der Waals surface area contributed by atoms with E-state index >= 15 is 0 Å². The van der Waals surface area contributed by atoms with Gasteiger partial charge in [0.25, 0.3) is 0 Å². The van der Waals surface area contributed by atoms with E-state index in [0.29, 0.717) is 18.8 Å². The highest BCUT2D eigenvalue weighted by molar-refractivity contribution is 5.88. The van der Waals surface area contributed by atoms with Crippen molar-refractivity contribution in [3.05, 3.63) is 23.4 Å². The summed E-state index contributed by atoms with van der Waals surface area (Å²) in [6.45, 7) is 6.24. The van der Waals surface area contributed by atoms with Crippen LogP contribution in [0.5, 0.6) is 0 Å². The second-order valence-corrected chi connectivity index (χ2v) is 5.19. The van der Waals surface area contributed by atoms with Crippen molar-refractivity contribution in [1.29, 1.82) is 0 Å². The number of aryl methyl sites for hydroxylation is 1. The van der Waals surface area contributed by atoms with Gasteiger partial charge in [0.2, 0.25) is 5.91 Å². The molecule has 1 aromatic rings. The van der Waals surface area contributed by atoms with Gasteiger partial charge in [-0.2, -0.15) is 0 Å². The summed E-state index contributed by atoms with van der Waals surface area (Å²) in [6, 6.07) is 3.19. The highest BCUT2D eigenvalue weighted by Gasteiger charge is 2.09. The third-order valence-corrected chi connectivity index (χ3v) is 2.74. The predicted octanol–water partition coefficient (Wildman–Crippen LogP) is 2.06. The summed E-state index contributed by atoms with van der Waals surface area (Å²) in [5.74, 6) is -0.522. The van der Waals surface area contributed by atoms with Crippen LogP contribution < -0.4 is 10.6 Å². The van der Waals surface area contributed by atoms with E-state index in [9.17, 15) is 9.59 Å². The van der Waals surface area contributed by atoms with Crippen LogP contribution in [0.1, 0.15) is 49.7 Å². The summed E-state index contributed by atoms with van der Waals surface area (Å²) in [6.07, 6.45) is 1.94. The summed E-state index contributed by atoms with van der Waals surface area (Å²) >= 11 is 0. The molecule has 0 spiro atoms. The van der Waals surface area contributed by atoms with Crippen LogP contribution in [0.15, 0.2) is 12.1 Å². The van der Waals surface area contributed by atoms with Crippen molar-refractivity contribution in [2.45, 2.75) is 46.1 Å². The molecule has 6 nitrogen and oxygen atoms in total. The van der Waals surface area contributed by atoms with Crippen LogP contribution in [-0.4, -0.2) is 34.6 Å². The van der Waals surface area contributed by atoms with Gasteiger partial charge in [0.05, 0.1) is 5.56 Å². The first-order valence-corrected chi connectivity index (χ1v) is 7.19. The molecule has 21 heavy (non-hydrogen) atoms. The summed E-state index contributed by atoms with van der Waals surface area (Å²) in [7, 11) is 0. The van der Waals surface area contributed by atoms with Gasteiger partial charge in [-0.1, -0.05) is 13.3 Å². The molecular formula is C15H23N3O3. The van der Waals surface area contributed by atoms with Crippen LogP contribution in [0.4, 0.5) is 5.82 Å². The zero-order chi connectivity index (χ0) is 15.8. The number of nitrogens with one attached hydrogen (secondary N) is 2. The standard InChI is InChI=1S/C15H23N3O3/c1-4-5-12-8-11(15(20)21)9-13(18-12)16-7-6-14(19)17-10(2)3/h8-10H,4-7H2,1-3H3,(H,16,18)(H,17,19)(H,20,21). The topological polar surface area (TPSA) is 91.3 Å². The maximum Gasteiger partial charge on any atom is 0.335 e. The van der Waals surface area contributed by atoms with Crippen molar-refractivity contribution in [2.75, 3.05) is 11.9 Å². The largest absolute Gasteiger partial charge is 0.478 e. The molecule has 1 heterocycles. The van der Waals surface area contributed by atoms with Crippen molar-refractivity contribution >= 4 is 17.7 Å². The smallest absolute Gasteiger partial charge is 0.335 e. The van der Waals surface area contributed by atoms with E-state index in [1.165, 1.54) is 6.07 Å². The molecule has 1 aromatic heterocycles. The Kier molecular flexibility index (Phi) is 6.65. The zero-order valence-electron chi connectivity index (χ0n) is 12.8. The lowest BCUT2D eigenvalue weighted by Gasteiger charge is -2.10. The van der Waals surface area contributed by atoms with E-state index in [1.54, 1.807) is 6.07 Å². The number of anilines is 1. The number of hydrogen-bond donors (Lipinski definition) is 3. The molecule has 0 radical (unpaired) electrons. The fraction of sp³-hybridized carbons (Fsp3) is 0.533. The molecular weight excluding hydrogens is 270 g/mol. The maximum atomic E-state index is 11.5. The van der Waals surface area contributed by atoms with E-state index in [4.69, 9.17) is 5.11 Å². The van der Waals surface area contributed by atoms with Crippen molar-refractivity contribution in [2.24, 2.45) is 0 Å². The van der Waals surface area contributed by atoms with Crippen molar-refractivity contribution in [1.82, 2.24) is 10.3 Å². The Bertz CT molecular complexity index is 501. The lowest BCUT2D eigenvalue weighted by Crippen LogP contribution is -2.31. The quantitative estimate of drug-likeness (QED) is 0.682. The molecule has 0 atom stereocenters. The van der Waals surface area contributed by atoms with E-state index in [0.717, 1.165) is 18.5 Å². The van der Waals surface area contributed by atoms with Gasteiger partial charge in [-0.25, -0.2) is 9.78 Å². The van der Waals surface area contributed by atoms with E-state index in [-0.39, 0.29) is 17.5 Å². The number of amides is 1. The first kappa shape index (κ1) is 16.9. The van der Waals surface area contributed by atoms with Gasteiger partial charge in [-0.05, 0) is 32.4 Å². The van der Waals surface area contributed by atoms with Gasteiger partial charge in [0.15, 0.2) is 0 Å². The first-order chi connectivity index (χ1) is 9.92. The van der Waals surface area contributed by atoms with Gasteiger partial charge in [0.1, 0.15) is 5.82 Å². The average Bonchev–Trinajstić information content (AvgIpc) is 2.37. The Labute approximate surface area is 125 Å². The Morgan fingerprint density at radius 2 is 2.05 bits per heavy atom. The molecule has 0 aromatic carbocycles. The van der Waals surface area contributed by atoms with Crippen LogP contribution in [-0.2, 0) is 11.2 Å². The number of carboxylic acids is 1. The fourth-order valence-corrected chi connectivity index (χ4v) is 1.88. The molecule has 6 heteroatoms. The predicted molar refractivity (Wildman–Crippen MR) is 81.6 cm³/mol. The number of aromatic carboxylic acids is 1. The summed E-state index contributed by atoms with van der Waals surface area (Å²) < 4.78 is 0. The Morgan fingerprint density at radius 3 is 2.62 bits per heavy atom. The highest BCUT2D eigenvalue weighted by atomic mass is 16.4. The minimum Gasteiger partial charge on any atom is -0.478 e. The number of nitrogens with zero attached hydrogens (tertiary/aromatic N) is 1. The van der Waals surface area contributed by atoms with Gasteiger partial charge < -0.3 is 15.7 Å². The van der Waals surface area contributed by atoms with Crippen molar-refractivity contribution < 1.29 is 14.7 Å². The molecule has 3 N–H and O–H groups in total. The van der Waals surface area contributed by atoms with Gasteiger partial charge in [-0.15, -0.1) is 0 Å². The molecule has 0 saturated carbocycles. The Hall–Kier alpha value is -2.11. The summed E-state index contributed by atoms with van der Waals surface area (Å²) in [5, 5.41) is 14.9. The third kappa shape index (κ3) is 6.25. The lowest BCUT2D eigenvalue weighted by atomic mass is 10.1. The first-order valence-electron chi connectivity index (χ1n) is 7.19. The van der Waals surface area contributed by atoms with Crippen LogP contribution in [0.3, 0.4) is 0 Å². The number of aromatic nitrogens is 1. The van der Waals surface area contributed by atoms with Crippen LogP contribution in [0.25, 0.3) is 0 Å². The lowest BCUT2D eigenvalue weighted by molar-refractivity contribution is -0.121. The van der Waals surface area contributed by atoms with Crippen LogP contribution in [0, 0.1) is 0 Å². The van der Waals surface area contributed by atoms with Gasteiger partial charge >= 0.3 is 5.97 Å². The second kappa shape index (κ2) is 8.24. The second-order valence-electron chi connectivity index (χ2n) is 5.19. The van der Waals surface area contributed by atoms with Crippen molar-refractivity contribution in [3.63, 3.8) is 0 Å². The van der Waals surface area contributed by atoms with Gasteiger partial charge in [-0.3, -0.25) is 4.79 Å². The molecule has 116 valence electrons. The summed E-state index contributed by atoms with van der Waals surface area (Å²) in [5.41, 5.74) is 0.953. The number of pyridine rings is 1. The monoisotopic (exact) mass is 293 g/mol. The minimum atomic E-state index is -0.977. The number of hydrogen-bond acceptors (Lipinski definition) is 4. The SMILES string of the molecule is CCCc1cc(C(=O)O)cc(NCCC(=O)NC(C)C)n1. The van der Waals surface area contributed by atoms with E-state index < -0.39 is 5.97 Å². The molecule has 0 aliphatic rings. The Morgan fingerprint density at radius 1 is 1.33 bits per heavy atom. The minimum absolute atomic E-state index is 0.0410. The highest BCUT2D eigenvalue weighted by Crippen LogP contribution is 2.12.